The van der Waals surface area contributed by atoms with Gasteiger partial charge < -0.3 is 15.6 Å². The van der Waals surface area contributed by atoms with E-state index in [9.17, 15) is 4.79 Å². The van der Waals surface area contributed by atoms with Crippen LogP contribution < -0.4 is 11.1 Å². The first kappa shape index (κ1) is 22.7. The molecule has 0 aliphatic carbocycles. The number of carbonyl (C=O) groups is 1. The van der Waals surface area contributed by atoms with Gasteiger partial charge in [0.25, 0.3) is 5.91 Å². The van der Waals surface area contributed by atoms with E-state index in [2.05, 4.69) is 31.8 Å². The molecule has 178 valence electrons. The van der Waals surface area contributed by atoms with Crippen molar-refractivity contribution < 1.29 is 4.79 Å². The van der Waals surface area contributed by atoms with Gasteiger partial charge >= 0.3 is 0 Å². The first-order valence-electron chi connectivity index (χ1n) is 12.2. The van der Waals surface area contributed by atoms with E-state index < -0.39 is 0 Å². The largest absolute Gasteiger partial charge is 0.382 e. The number of imidazole rings is 1. The molecule has 0 fully saturated rings. The molecule has 0 spiro atoms. The molecule has 0 radical (unpaired) electrons. The molecule has 35 heavy (non-hydrogen) atoms. The molecule has 0 bridgehead atoms. The van der Waals surface area contributed by atoms with Crippen molar-refractivity contribution in [1.29, 1.82) is 0 Å². The molecule has 4 aromatic heterocycles. The lowest BCUT2D eigenvalue weighted by Crippen LogP contribution is -2.24. The van der Waals surface area contributed by atoms with Gasteiger partial charge in [0.2, 0.25) is 0 Å². The number of nitrogens with two attached hydrogens (primary N) is 1. The van der Waals surface area contributed by atoms with E-state index >= 15 is 0 Å². The second kappa shape index (κ2) is 10.0. The highest BCUT2D eigenvalue weighted by Gasteiger charge is 2.17. The molecule has 0 aliphatic rings. The lowest BCUT2D eigenvalue weighted by Gasteiger charge is -2.11. The normalized spacial score (nSPS) is 11.5. The number of aromatic nitrogens is 5. The number of pyridine rings is 3. The second-order valence-electron chi connectivity index (χ2n) is 8.72. The van der Waals surface area contributed by atoms with Gasteiger partial charge in [-0.05, 0) is 55.7 Å². The maximum atomic E-state index is 12.6. The molecule has 0 atom stereocenters. The van der Waals surface area contributed by atoms with Crippen LogP contribution in [0.4, 0.5) is 5.82 Å². The molecule has 8 heteroatoms. The molecular weight excluding hydrogens is 438 g/mol. The summed E-state index contributed by atoms with van der Waals surface area (Å²) in [6.07, 6.45) is 8.30. The summed E-state index contributed by atoms with van der Waals surface area (Å²) in [4.78, 5) is 30.9. The van der Waals surface area contributed by atoms with E-state index in [1.165, 1.54) is 0 Å². The smallest absolute Gasteiger partial charge is 0.251 e. The minimum Gasteiger partial charge on any atom is -0.382 e. The monoisotopic (exact) mass is 467 g/mol. The van der Waals surface area contributed by atoms with Gasteiger partial charge in [-0.2, -0.15) is 0 Å². The predicted molar refractivity (Wildman–Crippen MR) is 139 cm³/mol. The van der Waals surface area contributed by atoms with E-state index in [4.69, 9.17) is 10.7 Å². The van der Waals surface area contributed by atoms with Crippen LogP contribution in [0.5, 0.6) is 0 Å². The molecule has 0 saturated heterocycles. The topological polar surface area (TPSA) is 112 Å². The first-order chi connectivity index (χ1) is 17.2. The number of carbonyl (C=O) groups excluding carboxylic acids is 1. The number of hydrogen-bond donors (Lipinski definition) is 2. The molecule has 5 rings (SSSR count). The second-order valence-corrected chi connectivity index (χ2v) is 8.72. The molecule has 0 aliphatic heterocycles. The van der Waals surface area contributed by atoms with Crippen molar-refractivity contribution in [1.82, 2.24) is 29.8 Å². The summed E-state index contributed by atoms with van der Waals surface area (Å²) in [7, 11) is 0. The van der Waals surface area contributed by atoms with E-state index in [0.29, 0.717) is 17.9 Å². The lowest BCUT2D eigenvalue weighted by atomic mass is 10.1. The maximum absolute atomic E-state index is 12.6. The summed E-state index contributed by atoms with van der Waals surface area (Å²) in [5.41, 5.74) is 11.1. The third-order valence-electron chi connectivity index (χ3n) is 6.25. The van der Waals surface area contributed by atoms with Crippen molar-refractivity contribution in [2.45, 2.75) is 45.6 Å². The molecule has 0 unspecified atom stereocenters. The van der Waals surface area contributed by atoms with Crippen molar-refractivity contribution in [2.75, 3.05) is 12.3 Å². The quantitative estimate of drug-likeness (QED) is 0.305. The van der Waals surface area contributed by atoms with E-state index in [-0.39, 0.29) is 5.91 Å². The Morgan fingerprint density at radius 2 is 1.83 bits per heavy atom. The number of unbranched alkanes of at least 4 members (excludes halogenated alkanes) is 2. The van der Waals surface area contributed by atoms with Crippen molar-refractivity contribution in [2.24, 2.45) is 0 Å². The number of hydrogen-bond acceptors (Lipinski definition) is 6. The van der Waals surface area contributed by atoms with Gasteiger partial charge in [-0.25, -0.2) is 9.97 Å². The van der Waals surface area contributed by atoms with Gasteiger partial charge in [0.15, 0.2) is 5.82 Å². The summed E-state index contributed by atoms with van der Waals surface area (Å²) in [5, 5.41) is 4.00. The standard InChI is InChI=1S/C27H29N7O/c1-2-3-10-22-33-24-25(23-21(32-26(24)28)9-7-15-30-23)34(22)16-5-4-13-31-27(35)19-11-12-20-18(17-19)8-6-14-29-20/h6-9,11-12,14-15,17H,2-5,10,13,16H2,1H3,(H2,28,32)(H,31,35). The van der Waals surface area contributed by atoms with Gasteiger partial charge in [-0.3, -0.25) is 14.8 Å². The Morgan fingerprint density at radius 3 is 2.71 bits per heavy atom. The fourth-order valence-electron chi connectivity index (χ4n) is 4.45. The Balaban J connectivity index is 1.29. The highest BCUT2D eigenvalue weighted by Crippen LogP contribution is 2.28. The molecule has 8 nitrogen and oxygen atoms in total. The average Bonchev–Trinajstić information content (AvgIpc) is 3.26. The van der Waals surface area contributed by atoms with Gasteiger partial charge in [-0.15, -0.1) is 0 Å². The summed E-state index contributed by atoms with van der Waals surface area (Å²) >= 11 is 0. The number of nitrogens with zero attached hydrogens (tertiary/aromatic N) is 5. The fraction of sp³-hybridized carbons (Fsp3) is 0.296. The van der Waals surface area contributed by atoms with E-state index in [1.54, 1.807) is 12.4 Å². The minimum atomic E-state index is -0.0680. The highest BCUT2D eigenvalue weighted by molar-refractivity contribution is 6.04. The van der Waals surface area contributed by atoms with E-state index in [1.807, 2.05) is 42.5 Å². The van der Waals surface area contributed by atoms with Gasteiger partial charge in [0.05, 0.1) is 11.0 Å². The van der Waals surface area contributed by atoms with Crippen LogP contribution in [-0.4, -0.2) is 37.0 Å². The number of amides is 1. The molecule has 1 aromatic carbocycles. The summed E-state index contributed by atoms with van der Waals surface area (Å²) in [6.45, 7) is 3.56. The molecule has 0 saturated carbocycles. The van der Waals surface area contributed by atoms with Crippen molar-refractivity contribution >= 4 is 44.7 Å². The van der Waals surface area contributed by atoms with Gasteiger partial charge in [0.1, 0.15) is 22.4 Å². The van der Waals surface area contributed by atoms with Crippen LogP contribution in [0.25, 0.3) is 33.0 Å². The zero-order chi connectivity index (χ0) is 24.2. The van der Waals surface area contributed by atoms with Crippen molar-refractivity contribution in [3.05, 3.63) is 66.2 Å². The van der Waals surface area contributed by atoms with Crippen molar-refractivity contribution in [3.8, 4) is 0 Å². The van der Waals surface area contributed by atoms with E-state index in [0.717, 1.165) is 77.4 Å². The number of aryl methyl sites for hydroxylation is 2. The van der Waals surface area contributed by atoms with Gasteiger partial charge in [0, 0.05) is 42.9 Å². The Labute approximate surface area is 203 Å². The summed E-state index contributed by atoms with van der Waals surface area (Å²) in [5.74, 6) is 1.39. The predicted octanol–water partition coefficient (Wildman–Crippen LogP) is 4.66. The van der Waals surface area contributed by atoms with Crippen LogP contribution in [0, 0.1) is 0 Å². The number of benzene rings is 1. The van der Waals surface area contributed by atoms with Gasteiger partial charge in [-0.1, -0.05) is 19.4 Å². The Bertz CT molecular complexity index is 1510. The van der Waals surface area contributed by atoms with Crippen LogP contribution >= 0.6 is 0 Å². The third-order valence-corrected chi connectivity index (χ3v) is 6.25. The Kier molecular flexibility index (Phi) is 6.52. The number of nitrogen functional groups attached to an aromatic ring is 1. The third kappa shape index (κ3) is 4.64. The molecule has 1 amide bonds. The lowest BCUT2D eigenvalue weighted by molar-refractivity contribution is 0.0953. The van der Waals surface area contributed by atoms with Crippen LogP contribution in [0.15, 0.2) is 54.9 Å². The SMILES string of the molecule is CCCCc1nc2c(N)nc3cccnc3c2n1CCCCNC(=O)c1ccc2ncccc2c1. The molecule has 4 heterocycles. The zero-order valence-corrected chi connectivity index (χ0v) is 19.9. The number of rotatable bonds is 9. The maximum Gasteiger partial charge on any atom is 0.251 e. The fourth-order valence-corrected chi connectivity index (χ4v) is 4.45. The molecule has 5 aromatic rings. The number of anilines is 1. The summed E-state index contributed by atoms with van der Waals surface area (Å²) < 4.78 is 2.25. The van der Waals surface area contributed by atoms with Crippen LogP contribution in [0.2, 0.25) is 0 Å². The van der Waals surface area contributed by atoms with Crippen LogP contribution in [-0.2, 0) is 13.0 Å². The van der Waals surface area contributed by atoms with Crippen LogP contribution in [0.3, 0.4) is 0 Å². The van der Waals surface area contributed by atoms with Crippen LogP contribution in [0.1, 0.15) is 48.8 Å². The highest BCUT2D eigenvalue weighted by atomic mass is 16.1. The minimum absolute atomic E-state index is 0.0680. The average molecular weight is 468 g/mol. The molecular formula is C27H29N7O. The number of nitrogens with one attached hydrogen (secondary N) is 1. The summed E-state index contributed by atoms with van der Waals surface area (Å²) in [6, 6.07) is 13.2. The molecule has 3 N–H and O–H groups in total. The number of fused-ring (bicyclic) bond motifs is 4. The first-order valence-corrected chi connectivity index (χ1v) is 12.2. The van der Waals surface area contributed by atoms with Crippen molar-refractivity contribution in [3.63, 3.8) is 0 Å². The zero-order valence-electron chi connectivity index (χ0n) is 19.9. The Hall–Kier alpha value is -4.07. The Morgan fingerprint density at radius 1 is 0.971 bits per heavy atom.